The van der Waals surface area contributed by atoms with Gasteiger partial charge in [0.05, 0.1) is 16.0 Å². The van der Waals surface area contributed by atoms with Crippen LogP contribution in [0.4, 0.5) is 4.39 Å². The topological polar surface area (TPSA) is 92.7 Å². The van der Waals surface area contributed by atoms with E-state index in [4.69, 9.17) is 5.11 Å². The minimum Gasteiger partial charge on any atom is -0.480 e. The Bertz CT molecular complexity index is 563. The largest absolute Gasteiger partial charge is 0.480 e. The highest BCUT2D eigenvalue weighted by Gasteiger charge is 2.15. The highest BCUT2D eigenvalue weighted by Crippen LogP contribution is 2.19. The molecule has 1 aromatic rings. The summed E-state index contributed by atoms with van der Waals surface area (Å²) in [5.41, 5.74) is 0. The first-order valence-electron chi connectivity index (χ1n) is 5.07. The third kappa shape index (κ3) is 5.23. The van der Waals surface area contributed by atoms with Gasteiger partial charge >= 0.3 is 5.97 Å². The smallest absolute Gasteiger partial charge is 0.329 e. The molecule has 1 aromatic carbocycles. The molecule has 0 radical (unpaired) electrons. The Morgan fingerprint density at radius 3 is 2.74 bits per heavy atom. The van der Waals surface area contributed by atoms with Crippen LogP contribution in [0.5, 0.6) is 0 Å². The number of carbonyl (C=O) groups is 1. The van der Waals surface area contributed by atoms with E-state index < -0.39 is 28.4 Å². The van der Waals surface area contributed by atoms with Crippen molar-refractivity contribution in [1.82, 2.24) is 4.72 Å². The first-order chi connectivity index (χ1) is 8.83. The summed E-state index contributed by atoms with van der Waals surface area (Å²) in [6, 6.07) is 3.41. The van der Waals surface area contributed by atoms with Crippen molar-refractivity contribution in [3.63, 3.8) is 0 Å². The van der Waals surface area contributed by atoms with E-state index in [1.807, 2.05) is 0 Å². The van der Waals surface area contributed by atoms with E-state index >= 15 is 0 Å². The molecule has 106 valence electrons. The van der Waals surface area contributed by atoms with Crippen molar-refractivity contribution < 1.29 is 27.4 Å². The molecule has 0 spiro atoms. The lowest BCUT2D eigenvalue weighted by atomic mass is 10.3. The number of nitrogens with one attached hydrogen (secondary N) is 1. The third-order valence-electron chi connectivity index (χ3n) is 1.97. The van der Waals surface area contributed by atoms with Crippen LogP contribution >= 0.6 is 15.9 Å². The van der Waals surface area contributed by atoms with Crippen LogP contribution in [0.1, 0.15) is 0 Å². The number of rotatable bonds is 7. The molecular formula is C10H11BrFNO5S. The molecule has 2 N–H and O–H groups in total. The van der Waals surface area contributed by atoms with Crippen molar-refractivity contribution in [2.75, 3.05) is 19.8 Å². The van der Waals surface area contributed by atoms with Crippen LogP contribution in [0.15, 0.2) is 27.6 Å². The SMILES string of the molecule is O=C(O)COCCNS(=O)(=O)c1ccc(Br)c(F)c1. The molecule has 9 heteroatoms. The molecule has 0 saturated heterocycles. The van der Waals surface area contributed by atoms with Gasteiger partial charge in [-0.25, -0.2) is 22.3 Å². The van der Waals surface area contributed by atoms with Crippen LogP contribution in [0, 0.1) is 5.82 Å². The Morgan fingerprint density at radius 2 is 2.16 bits per heavy atom. The number of hydrogen-bond donors (Lipinski definition) is 2. The minimum atomic E-state index is -3.84. The fourth-order valence-electron chi connectivity index (χ4n) is 1.14. The highest BCUT2D eigenvalue weighted by molar-refractivity contribution is 9.10. The summed E-state index contributed by atoms with van der Waals surface area (Å²) in [6.45, 7) is -0.702. The van der Waals surface area contributed by atoms with E-state index in [2.05, 4.69) is 25.4 Å². The van der Waals surface area contributed by atoms with Gasteiger partial charge < -0.3 is 9.84 Å². The van der Waals surface area contributed by atoms with Gasteiger partial charge in [-0.2, -0.15) is 0 Å². The Kier molecular flexibility index (Phi) is 5.85. The predicted octanol–water partition coefficient (Wildman–Crippen LogP) is 0.968. The molecule has 1 rings (SSSR count). The van der Waals surface area contributed by atoms with Crippen molar-refractivity contribution in [2.45, 2.75) is 4.90 Å². The second-order valence-corrected chi connectivity index (χ2v) is 6.04. The monoisotopic (exact) mass is 355 g/mol. The summed E-state index contributed by atoms with van der Waals surface area (Å²) < 4.78 is 43.7. The van der Waals surface area contributed by atoms with Crippen molar-refractivity contribution in [3.8, 4) is 0 Å². The summed E-state index contributed by atoms with van der Waals surface area (Å²) in [4.78, 5) is 9.92. The first kappa shape index (κ1) is 16.0. The maximum absolute atomic E-state index is 13.2. The molecule has 0 saturated carbocycles. The van der Waals surface area contributed by atoms with Crippen LogP contribution < -0.4 is 4.72 Å². The Balaban J connectivity index is 2.56. The molecule has 0 heterocycles. The fraction of sp³-hybridized carbons (Fsp3) is 0.300. The van der Waals surface area contributed by atoms with Crippen LogP contribution in [0.25, 0.3) is 0 Å². The van der Waals surface area contributed by atoms with E-state index in [9.17, 15) is 17.6 Å². The van der Waals surface area contributed by atoms with Gasteiger partial charge in [-0.3, -0.25) is 0 Å². The second kappa shape index (κ2) is 6.94. The summed E-state index contributed by atoms with van der Waals surface area (Å²) in [5, 5.41) is 8.30. The molecule has 0 aromatic heterocycles. The number of halogens is 2. The van der Waals surface area contributed by atoms with Gasteiger partial charge in [-0.05, 0) is 34.1 Å². The van der Waals surface area contributed by atoms with Gasteiger partial charge in [-0.1, -0.05) is 0 Å². The van der Waals surface area contributed by atoms with E-state index in [-0.39, 0.29) is 22.5 Å². The van der Waals surface area contributed by atoms with Gasteiger partial charge in [0, 0.05) is 6.54 Å². The average molecular weight is 356 g/mol. The molecular weight excluding hydrogens is 345 g/mol. The van der Waals surface area contributed by atoms with Gasteiger partial charge in [0.2, 0.25) is 10.0 Å². The molecule has 0 aliphatic carbocycles. The van der Waals surface area contributed by atoms with Gasteiger partial charge in [-0.15, -0.1) is 0 Å². The van der Waals surface area contributed by atoms with E-state index in [1.165, 1.54) is 12.1 Å². The molecule has 0 bridgehead atoms. The Labute approximate surface area is 117 Å². The predicted molar refractivity (Wildman–Crippen MR) is 67.7 cm³/mol. The van der Waals surface area contributed by atoms with Crippen LogP contribution in [-0.2, 0) is 19.6 Å². The summed E-state index contributed by atoms with van der Waals surface area (Å²) in [7, 11) is -3.84. The van der Waals surface area contributed by atoms with E-state index in [1.54, 1.807) is 0 Å². The molecule has 0 aliphatic rings. The lowest BCUT2D eigenvalue weighted by Gasteiger charge is -2.07. The number of ether oxygens (including phenoxy) is 1. The second-order valence-electron chi connectivity index (χ2n) is 3.42. The summed E-state index contributed by atoms with van der Waals surface area (Å²) in [5.74, 6) is -1.83. The summed E-state index contributed by atoms with van der Waals surface area (Å²) in [6.07, 6.45) is 0. The minimum absolute atomic E-state index is 0.0927. The van der Waals surface area contributed by atoms with E-state index in [0.717, 1.165) is 6.07 Å². The van der Waals surface area contributed by atoms with Crippen molar-refractivity contribution in [1.29, 1.82) is 0 Å². The molecule has 0 amide bonds. The number of aliphatic carboxylic acids is 1. The average Bonchev–Trinajstić information content (AvgIpc) is 2.31. The zero-order valence-corrected chi connectivity index (χ0v) is 12.0. The lowest BCUT2D eigenvalue weighted by molar-refractivity contribution is -0.142. The maximum Gasteiger partial charge on any atom is 0.329 e. The number of carboxylic acids is 1. The zero-order chi connectivity index (χ0) is 14.5. The fourth-order valence-corrected chi connectivity index (χ4v) is 2.41. The standard InChI is InChI=1S/C10H11BrFNO5S/c11-8-2-1-7(5-9(8)12)19(16,17)13-3-4-18-6-10(14)15/h1-2,5,13H,3-4,6H2,(H,14,15). The lowest BCUT2D eigenvalue weighted by Crippen LogP contribution is -2.28. The number of carboxylic acid groups (broad SMARTS) is 1. The van der Waals surface area contributed by atoms with Crippen molar-refractivity contribution >= 4 is 31.9 Å². The van der Waals surface area contributed by atoms with E-state index in [0.29, 0.717) is 0 Å². The molecule has 0 fully saturated rings. The molecule has 0 aliphatic heterocycles. The zero-order valence-electron chi connectivity index (χ0n) is 9.60. The van der Waals surface area contributed by atoms with Crippen LogP contribution in [-0.4, -0.2) is 39.3 Å². The molecule has 19 heavy (non-hydrogen) atoms. The van der Waals surface area contributed by atoms with Gasteiger partial charge in [0.15, 0.2) is 0 Å². The van der Waals surface area contributed by atoms with Gasteiger partial charge in [0.25, 0.3) is 0 Å². The number of hydrogen-bond acceptors (Lipinski definition) is 4. The molecule has 6 nitrogen and oxygen atoms in total. The third-order valence-corrected chi connectivity index (χ3v) is 4.07. The maximum atomic E-state index is 13.2. The van der Waals surface area contributed by atoms with Crippen LogP contribution in [0.3, 0.4) is 0 Å². The first-order valence-corrected chi connectivity index (χ1v) is 7.35. The molecule has 0 unspecified atom stereocenters. The quantitative estimate of drug-likeness (QED) is 0.711. The normalized spacial score (nSPS) is 11.5. The van der Waals surface area contributed by atoms with Crippen LogP contribution in [0.2, 0.25) is 0 Å². The van der Waals surface area contributed by atoms with Crippen molar-refractivity contribution in [3.05, 3.63) is 28.5 Å². The Morgan fingerprint density at radius 1 is 1.47 bits per heavy atom. The number of benzene rings is 1. The number of sulfonamides is 1. The van der Waals surface area contributed by atoms with Gasteiger partial charge in [0.1, 0.15) is 12.4 Å². The van der Waals surface area contributed by atoms with Crippen molar-refractivity contribution in [2.24, 2.45) is 0 Å². The molecule has 0 atom stereocenters. The Hall–Kier alpha value is -1.03. The highest BCUT2D eigenvalue weighted by atomic mass is 79.9. The summed E-state index contributed by atoms with van der Waals surface area (Å²) >= 11 is 2.92.